The molecule has 5 heteroatoms. The number of anilines is 2. The number of hydrogen-bond acceptors (Lipinski definition) is 4. The second-order valence-corrected chi connectivity index (χ2v) is 5.59. The quantitative estimate of drug-likeness (QED) is 0.908. The number of hydrogen-bond donors (Lipinski definition) is 2. The summed E-state index contributed by atoms with van der Waals surface area (Å²) < 4.78 is 0. The Balaban J connectivity index is 1.59. The lowest BCUT2D eigenvalue weighted by Gasteiger charge is -2.22. The Bertz CT molecular complexity index is 606. The molecule has 2 aromatic rings. The average Bonchev–Trinajstić information content (AvgIpc) is 2.57. The highest BCUT2D eigenvalue weighted by atomic mass is 16.1. The number of carbonyl (C=O) groups excluding carboxylic acids is 1. The molecule has 0 radical (unpaired) electrons. The smallest absolute Gasteiger partial charge is 0.254 e. The zero-order chi connectivity index (χ0) is 15.2. The predicted molar refractivity (Wildman–Crippen MR) is 86.1 cm³/mol. The highest BCUT2D eigenvalue weighted by Gasteiger charge is 2.17. The first-order valence-electron chi connectivity index (χ1n) is 7.76. The van der Waals surface area contributed by atoms with Gasteiger partial charge >= 0.3 is 0 Å². The van der Waals surface area contributed by atoms with Gasteiger partial charge in [0, 0.05) is 24.1 Å². The second kappa shape index (κ2) is 7.02. The fraction of sp³-hybridized carbons (Fsp3) is 0.353. The summed E-state index contributed by atoms with van der Waals surface area (Å²) in [6.45, 7) is 0. The summed E-state index contributed by atoms with van der Waals surface area (Å²) >= 11 is 0. The van der Waals surface area contributed by atoms with E-state index in [9.17, 15) is 4.79 Å². The maximum atomic E-state index is 12.2. The van der Waals surface area contributed by atoms with Gasteiger partial charge in [0.25, 0.3) is 5.91 Å². The van der Waals surface area contributed by atoms with Crippen molar-refractivity contribution in [2.75, 3.05) is 5.32 Å². The zero-order valence-corrected chi connectivity index (χ0v) is 12.5. The van der Waals surface area contributed by atoms with E-state index >= 15 is 0 Å². The molecular formula is C17H20N4O. The molecule has 1 aromatic heterocycles. The topological polar surface area (TPSA) is 66.9 Å². The van der Waals surface area contributed by atoms with Crippen LogP contribution in [0.3, 0.4) is 0 Å². The summed E-state index contributed by atoms with van der Waals surface area (Å²) in [5.74, 6) is 0.401. The molecule has 0 spiro atoms. The van der Waals surface area contributed by atoms with Crippen LogP contribution in [0, 0.1) is 0 Å². The van der Waals surface area contributed by atoms with E-state index in [4.69, 9.17) is 0 Å². The van der Waals surface area contributed by atoms with E-state index in [1.165, 1.54) is 19.3 Å². The number of nitrogens with one attached hydrogen (secondary N) is 2. The third kappa shape index (κ3) is 3.81. The molecule has 1 aromatic carbocycles. The minimum Gasteiger partial charge on any atom is -0.349 e. The molecule has 1 fully saturated rings. The molecule has 114 valence electrons. The van der Waals surface area contributed by atoms with E-state index in [-0.39, 0.29) is 5.91 Å². The van der Waals surface area contributed by atoms with Gasteiger partial charge < -0.3 is 10.6 Å². The number of rotatable bonds is 4. The number of para-hydroxylation sites is 1. The predicted octanol–water partition coefficient (Wildman–Crippen LogP) is 3.28. The Labute approximate surface area is 130 Å². The Hall–Kier alpha value is -2.43. The third-order valence-electron chi connectivity index (χ3n) is 3.88. The molecule has 0 atom stereocenters. The number of nitrogens with zero attached hydrogens (tertiary/aromatic N) is 2. The summed E-state index contributed by atoms with van der Waals surface area (Å²) in [6.07, 6.45) is 8.94. The Morgan fingerprint density at radius 1 is 1.00 bits per heavy atom. The van der Waals surface area contributed by atoms with Crippen molar-refractivity contribution in [3.63, 3.8) is 0 Å². The maximum Gasteiger partial charge on any atom is 0.254 e. The fourth-order valence-corrected chi connectivity index (χ4v) is 2.68. The maximum absolute atomic E-state index is 12.2. The standard InChI is InChI=1S/C17H20N4O/c22-16(20-14-7-3-1-4-8-14)13-11-18-17(19-12-13)21-15-9-5-2-6-10-15/h2,5-6,9-12,14H,1,3-4,7-8H2,(H,20,22)(H,18,19,21). The van der Waals surface area contributed by atoms with Gasteiger partial charge in [-0.3, -0.25) is 4.79 Å². The van der Waals surface area contributed by atoms with Gasteiger partial charge in [0.2, 0.25) is 5.95 Å². The van der Waals surface area contributed by atoms with E-state index < -0.39 is 0 Å². The van der Waals surface area contributed by atoms with Crippen LogP contribution in [-0.4, -0.2) is 21.9 Å². The van der Waals surface area contributed by atoms with Crippen molar-refractivity contribution in [1.29, 1.82) is 0 Å². The summed E-state index contributed by atoms with van der Waals surface area (Å²) in [7, 11) is 0. The minimum atomic E-state index is -0.0850. The number of benzene rings is 1. The molecule has 1 amide bonds. The molecule has 22 heavy (non-hydrogen) atoms. The average molecular weight is 296 g/mol. The van der Waals surface area contributed by atoms with Crippen molar-refractivity contribution in [3.8, 4) is 0 Å². The van der Waals surface area contributed by atoms with Crippen molar-refractivity contribution in [1.82, 2.24) is 15.3 Å². The van der Waals surface area contributed by atoms with E-state index in [0.29, 0.717) is 17.6 Å². The van der Waals surface area contributed by atoms with Crippen LogP contribution < -0.4 is 10.6 Å². The summed E-state index contributed by atoms with van der Waals surface area (Å²) in [4.78, 5) is 20.6. The normalized spacial score (nSPS) is 15.3. The van der Waals surface area contributed by atoms with E-state index in [0.717, 1.165) is 18.5 Å². The molecule has 0 unspecified atom stereocenters. The van der Waals surface area contributed by atoms with Gasteiger partial charge in [-0.05, 0) is 25.0 Å². The lowest BCUT2D eigenvalue weighted by atomic mass is 9.95. The third-order valence-corrected chi connectivity index (χ3v) is 3.88. The molecule has 0 saturated heterocycles. The van der Waals surface area contributed by atoms with Crippen LogP contribution in [0.15, 0.2) is 42.7 Å². The summed E-state index contributed by atoms with van der Waals surface area (Å²) in [6, 6.07) is 10.00. The van der Waals surface area contributed by atoms with Gasteiger partial charge in [0.15, 0.2) is 0 Å². The molecule has 1 saturated carbocycles. The SMILES string of the molecule is O=C(NC1CCCCC1)c1cnc(Nc2ccccc2)nc1. The molecule has 0 aliphatic heterocycles. The number of amides is 1. The van der Waals surface area contributed by atoms with Gasteiger partial charge in [-0.15, -0.1) is 0 Å². The highest BCUT2D eigenvalue weighted by Crippen LogP contribution is 2.18. The zero-order valence-electron chi connectivity index (χ0n) is 12.5. The molecule has 1 aliphatic carbocycles. The minimum absolute atomic E-state index is 0.0850. The second-order valence-electron chi connectivity index (χ2n) is 5.59. The van der Waals surface area contributed by atoms with Crippen LogP contribution in [0.1, 0.15) is 42.5 Å². The van der Waals surface area contributed by atoms with Crippen LogP contribution in [0.25, 0.3) is 0 Å². The van der Waals surface area contributed by atoms with Crippen molar-refractivity contribution in [2.45, 2.75) is 38.1 Å². The summed E-state index contributed by atoms with van der Waals surface area (Å²) in [5.41, 5.74) is 1.42. The van der Waals surface area contributed by atoms with Crippen LogP contribution in [-0.2, 0) is 0 Å². The van der Waals surface area contributed by atoms with E-state index in [2.05, 4.69) is 20.6 Å². The first-order chi connectivity index (χ1) is 10.8. The highest BCUT2D eigenvalue weighted by molar-refractivity contribution is 5.93. The van der Waals surface area contributed by atoms with Gasteiger partial charge in [-0.25, -0.2) is 9.97 Å². The Morgan fingerprint density at radius 3 is 2.36 bits per heavy atom. The molecule has 1 heterocycles. The molecule has 5 nitrogen and oxygen atoms in total. The first kappa shape index (κ1) is 14.5. The molecule has 1 aliphatic rings. The van der Waals surface area contributed by atoms with Crippen LogP contribution in [0.2, 0.25) is 0 Å². The number of aromatic nitrogens is 2. The lowest BCUT2D eigenvalue weighted by molar-refractivity contribution is 0.0927. The van der Waals surface area contributed by atoms with E-state index in [1.54, 1.807) is 12.4 Å². The van der Waals surface area contributed by atoms with Gasteiger partial charge in [0.1, 0.15) is 0 Å². The molecule has 0 bridgehead atoms. The van der Waals surface area contributed by atoms with Crippen LogP contribution >= 0.6 is 0 Å². The fourth-order valence-electron chi connectivity index (χ4n) is 2.68. The largest absolute Gasteiger partial charge is 0.349 e. The van der Waals surface area contributed by atoms with Crippen molar-refractivity contribution in [3.05, 3.63) is 48.3 Å². The molecule has 3 rings (SSSR count). The Morgan fingerprint density at radius 2 is 1.68 bits per heavy atom. The lowest BCUT2D eigenvalue weighted by Crippen LogP contribution is -2.36. The first-order valence-corrected chi connectivity index (χ1v) is 7.76. The van der Waals surface area contributed by atoms with Crippen molar-refractivity contribution >= 4 is 17.5 Å². The van der Waals surface area contributed by atoms with Crippen LogP contribution in [0.5, 0.6) is 0 Å². The molecular weight excluding hydrogens is 276 g/mol. The van der Waals surface area contributed by atoms with Gasteiger partial charge in [0.05, 0.1) is 5.56 Å². The van der Waals surface area contributed by atoms with Crippen molar-refractivity contribution in [2.24, 2.45) is 0 Å². The monoisotopic (exact) mass is 296 g/mol. The van der Waals surface area contributed by atoms with Gasteiger partial charge in [-0.2, -0.15) is 0 Å². The van der Waals surface area contributed by atoms with Crippen LogP contribution in [0.4, 0.5) is 11.6 Å². The Kier molecular flexibility index (Phi) is 4.63. The number of carbonyl (C=O) groups is 1. The van der Waals surface area contributed by atoms with Crippen molar-refractivity contribution < 1.29 is 4.79 Å². The summed E-state index contributed by atoms with van der Waals surface area (Å²) in [5, 5.41) is 6.16. The van der Waals surface area contributed by atoms with E-state index in [1.807, 2.05) is 30.3 Å². The molecule has 2 N–H and O–H groups in total. The van der Waals surface area contributed by atoms with Gasteiger partial charge in [-0.1, -0.05) is 37.5 Å².